The molecule has 0 bridgehead atoms. The van der Waals surface area contributed by atoms with Crippen molar-refractivity contribution >= 4 is 5.91 Å². The summed E-state index contributed by atoms with van der Waals surface area (Å²) in [6.07, 6.45) is 0.795. The van der Waals surface area contributed by atoms with E-state index in [1.54, 1.807) is 30.3 Å². The number of carbonyl (C=O) groups excluding carboxylic acids is 1. The van der Waals surface area contributed by atoms with Gasteiger partial charge in [0, 0.05) is 12.6 Å². The third kappa shape index (κ3) is 3.95. The van der Waals surface area contributed by atoms with Gasteiger partial charge in [0.15, 0.2) is 5.76 Å². The molecule has 0 fully saturated rings. The van der Waals surface area contributed by atoms with E-state index in [4.69, 9.17) is 10.2 Å². The van der Waals surface area contributed by atoms with Gasteiger partial charge >= 0.3 is 0 Å². The van der Waals surface area contributed by atoms with E-state index in [9.17, 15) is 9.18 Å². The van der Waals surface area contributed by atoms with Crippen LogP contribution in [0, 0.1) is 11.7 Å². The van der Waals surface area contributed by atoms with Gasteiger partial charge in [-0.1, -0.05) is 26.0 Å². The average molecular weight is 304 g/mol. The number of benzene rings is 1. The van der Waals surface area contributed by atoms with Crippen molar-refractivity contribution in [3.8, 4) is 11.3 Å². The predicted octanol–water partition coefficient (Wildman–Crippen LogP) is 3.19. The third-order valence-corrected chi connectivity index (χ3v) is 3.34. The molecule has 0 radical (unpaired) electrons. The quantitative estimate of drug-likeness (QED) is 0.861. The van der Waals surface area contributed by atoms with Crippen molar-refractivity contribution in [3.63, 3.8) is 0 Å². The first-order chi connectivity index (χ1) is 10.5. The second-order valence-corrected chi connectivity index (χ2v) is 5.68. The number of carbonyl (C=O) groups is 1. The number of furan rings is 1. The highest BCUT2D eigenvalue weighted by atomic mass is 19.1. The molecule has 1 amide bonds. The van der Waals surface area contributed by atoms with E-state index in [1.165, 1.54) is 6.07 Å². The Hall–Kier alpha value is -2.14. The fourth-order valence-corrected chi connectivity index (χ4v) is 2.31. The Bertz CT molecular complexity index is 637. The minimum Gasteiger partial charge on any atom is -0.451 e. The topological polar surface area (TPSA) is 68.3 Å². The number of hydrogen-bond donors (Lipinski definition) is 2. The van der Waals surface area contributed by atoms with E-state index in [0.717, 1.165) is 6.42 Å². The maximum atomic E-state index is 13.7. The van der Waals surface area contributed by atoms with Crippen LogP contribution in [0.15, 0.2) is 40.8 Å². The highest BCUT2D eigenvalue weighted by Crippen LogP contribution is 2.24. The molecule has 118 valence electrons. The van der Waals surface area contributed by atoms with Gasteiger partial charge in [0.1, 0.15) is 11.6 Å². The molecular formula is C17H21FN2O2. The summed E-state index contributed by atoms with van der Waals surface area (Å²) in [5.74, 6) is 0.193. The summed E-state index contributed by atoms with van der Waals surface area (Å²) in [6.45, 7) is 4.50. The van der Waals surface area contributed by atoms with Crippen LogP contribution in [0.4, 0.5) is 4.39 Å². The van der Waals surface area contributed by atoms with Gasteiger partial charge < -0.3 is 15.5 Å². The highest BCUT2D eigenvalue weighted by Gasteiger charge is 2.18. The zero-order valence-electron chi connectivity index (χ0n) is 12.8. The number of amides is 1. The summed E-state index contributed by atoms with van der Waals surface area (Å²) in [6, 6.07) is 9.31. The minimum atomic E-state index is -0.386. The van der Waals surface area contributed by atoms with Crippen LogP contribution in [0.3, 0.4) is 0 Å². The number of nitrogens with two attached hydrogens (primary N) is 1. The Morgan fingerprint density at radius 3 is 2.64 bits per heavy atom. The summed E-state index contributed by atoms with van der Waals surface area (Å²) in [7, 11) is 0. The molecular weight excluding hydrogens is 283 g/mol. The molecule has 0 aliphatic rings. The summed E-state index contributed by atoms with van der Waals surface area (Å²) in [4.78, 5) is 12.2. The zero-order valence-corrected chi connectivity index (χ0v) is 12.8. The number of halogens is 1. The molecule has 0 aliphatic carbocycles. The van der Waals surface area contributed by atoms with Crippen LogP contribution in [-0.4, -0.2) is 18.5 Å². The Kier molecular flexibility index (Phi) is 5.33. The van der Waals surface area contributed by atoms with Crippen molar-refractivity contribution in [1.29, 1.82) is 0 Å². The monoisotopic (exact) mass is 304 g/mol. The summed E-state index contributed by atoms with van der Waals surface area (Å²) >= 11 is 0. The normalized spacial score (nSPS) is 12.4. The van der Waals surface area contributed by atoms with Crippen LogP contribution in [0.1, 0.15) is 30.8 Å². The lowest BCUT2D eigenvalue weighted by Crippen LogP contribution is -2.40. The second kappa shape index (κ2) is 7.22. The first-order valence-electron chi connectivity index (χ1n) is 7.37. The molecule has 1 atom stereocenters. The van der Waals surface area contributed by atoms with E-state index >= 15 is 0 Å². The Labute approximate surface area is 129 Å². The molecule has 1 heterocycles. The molecule has 22 heavy (non-hydrogen) atoms. The van der Waals surface area contributed by atoms with Crippen LogP contribution >= 0.6 is 0 Å². The summed E-state index contributed by atoms with van der Waals surface area (Å²) in [5, 5.41) is 2.84. The molecule has 0 saturated carbocycles. The molecule has 2 rings (SSSR count). The Balaban J connectivity index is 2.11. The van der Waals surface area contributed by atoms with Crippen molar-refractivity contribution in [3.05, 3.63) is 48.0 Å². The first kappa shape index (κ1) is 16.2. The van der Waals surface area contributed by atoms with Gasteiger partial charge in [-0.25, -0.2) is 4.39 Å². The lowest BCUT2D eigenvalue weighted by molar-refractivity contribution is 0.0906. The molecule has 1 aromatic heterocycles. The fraction of sp³-hybridized carbons (Fsp3) is 0.353. The van der Waals surface area contributed by atoms with Gasteiger partial charge in [0.05, 0.1) is 5.56 Å². The van der Waals surface area contributed by atoms with Gasteiger partial charge in [-0.3, -0.25) is 4.79 Å². The zero-order chi connectivity index (χ0) is 16.1. The van der Waals surface area contributed by atoms with Gasteiger partial charge in [0.25, 0.3) is 5.91 Å². The fourth-order valence-electron chi connectivity index (χ4n) is 2.31. The molecule has 1 aromatic carbocycles. The van der Waals surface area contributed by atoms with Gasteiger partial charge in [0.2, 0.25) is 0 Å². The van der Waals surface area contributed by atoms with Crippen molar-refractivity contribution in [2.45, 2.75) is 26.3 Å². The van der Waals surface area contributed by atoms with E-state index < -0.39 is 0 Å². The molecule has 1 unspecified atom stereocenters. The highest BCUT2D eigenvalue weighted by molar-refractivity contribution is 5.92. The molecule has 0 saturated heterocycles. The molecule has 2 aromatic rings. The predicted molar refractivity (Wildman–Crippen MR) is 83.9 cm³/mol. The third-order valence-electron chi connectivity index (χ3n) is 3.34. The van der Waals surface area contributed by atoms with Crippen LogP contribution in [-0.2, 0) is 0 Å². The van der Waals surface area contributed by atoms with Crippen LogP contribution in [0.25, 0.3) is 11.3 Å². The molecule has 4 nitrogen and oxygen atoms in total. The SMILES string of the molecule is CC(C)CC(CN)NC(=O)c1ccc(-c2ccccc2F)o1. The van der Waals surface area contributed by atoms with Crippen molar-refractivity contribution in [1.82, 2.24) is 5.32 Å². The number of rotatable bonds is 6. The first-order valence-corrected chi connectivity index (χ1v) is 7.37. The minimum absolute atomic E-state index is 0.102. The van der Waals surface area contributed by atoms with Gasteiger partial charge in [-0.2, -0.15) is 0 Å². The van der Waals surface area contributed by atoms with Gasteiger partial charge in [-0.05, 0) is 36.6 Å². The second-order valence-electron chi connectivity index (χ2n) is 5.68. The number of hydrogen-bond acceptors (Lipinski definition) is 3. The van der Waals surface area contributed by atoms with E-state index in [-0.39, 0.29) is 23.5 Å². The lowest BCUT2D eigenvalue weighted by Gasteiger charge is -2.17. The average Bonchev–Trinajstić information content (AvgIpc) is 2.96. The van der Waals surface area contributed by atoms with Crippen LogP contribution < -0.4 is 11.1 Å². The smallest absolute Gasteiger partial charge is 0.287 e. The Morgan fingerprint density at radius 2 is 2.00 bits per heavy atom. The van der Waals surface area contributed by atoms with Gasteiger partial charge in [-0.15, -0.1) is 0 Å². The van der Waals surface area contributed by atoms with Crippen LogP contribution in [0.2, 0.25) is 0 Å². The van der Waals surface area contributed by atoms with E-state index in [1.807, 2.05) is 0 Å². The molecule has 0 aliphatic heterocycles. The maximum Gasteiger partial charge on any atom is 0.287 e. The lowest BCUT2D eigenvalue weighted by atomic mass is 10.0. The standard InChI is InChI=1S/C17H21FN2O2/c1-11(2)9-12(10-19)20-17(21)16-8-7-15(22-16)13-5-3-4-6-14(13)18/h3-8,11-12H,9-10,19H2,1-2H3,(H,20,21). The Morgan fingerprint density at radius 1 is 1.27 bits per heavy atom. The van der Waals surface area contributed by atoms with E-state index in [2.05, 4.69) is 19.2 Å². The molecule has 3 N–H and O–H groups in total. The summed E-state index contributed by atoms with van der Waals surface area (Å²) < 4.78 is 19.2. The van der Waals surface area contributed by atoms with Crippen molar-refractivity contribution in [2.24, 2.45) is 11.7 Å². The largest absolute Gasteiger partial charge is 0.451 e. The number of nitrogens with one attached hydrogen (secondary N) is 1. The molecule has 0 spiro atoms. The summed E-state index contributed by atoms with van der Waals surface area (Å²) in [5.41, 5.74) is 6.00. The van der Waals surface area contributed by atoms with Crippen LogP contribution in [0.5, 0.6) is 0 Å². The molecule has 5 heteroatoms. The van der Waals surface area contributed by atoms with Crippen molar-refractivity contribution < 1.29 is 13.6 Å². The van der Waals surface area contributed by atoms with Crippen molar-refractivity contribution in [2.75, 3.05) is 6.54 Å². The maximum absolute atomic E-state index is 13.7. The van der Waals surface area contributed by atoms with E-state index in [0.29, 0.717) is 23.8 Å².